The number of hydrogen-bond acceptors (Lipinski definition) is 4. The molecular formula is C25H20N4O. The highest BCUT2D eigenvalue weighted by atomic mass is 16.5. The van der Waals surface area contributed by atoms with Crippen LogP contribution in [0.25, 0.3) is 33.4 Å². The van der Waals surface area contributed by atoms with Crippen LogP contribution in [-0.2, 0) is 0 Å². The van der Waals surface area contributed by atoms with Crippen LogP contribution in [0, 0.1) is 0 Å². The lowest BCUT2D eigenvalue weighted by Crippen LogP contribution is -1.94. The summed E-state index contributed by atoms with van der Waals surface area (Å²) in [6.45, 7) is 0. The Hall–Kier alpha value is -4.12. The standard InChI is InChI=1S/C25H20N4O/c1-30-21-9-5-8-19(14-21)23-15-22-24(26-16-27-25(22)29-23)28-20-12-10-18(11-13-20)17-6-3-2-4-7-17/h2-16H,1H3,(H2,26,27,28,29). The third-order valence-corrected chi connectivity index (χ3v) is 5.06. The van der Waals surface area contributed by atoms with Gasteiger partial charge in [0.15, 0.2) is 0 Å². The van der Waals surface area contributed by atoms with Crippen LogP contribution >= 0.6 is 0 Å². The molecular weight excluding hydrogens is 372 g/mol. The Morgan fingerprint density at radius 1 is 0.767 bits per heavy atom. The Labute approximate surface area is 174 Å². The molecule has 30 heavy (non-hydrogen) atoms. The first-order chi connectivity index (χ1) is 14.8. The number of hydrogen-bond donors (Lipinski definition) is 2. The summed E-state index contributed by atoms with van der Waals surface area (Å²) in [7, 11) is 1.67. The molecule has 0 aliphatic rings. The van der Waals surface area contributed by atoms with Gasteiger partial charge in [0.1, 0.15) is 23.5 Å². The van der Waals surface area contributed by atoms with Gasteiger partial charge < -0.3 is 15.0 Å². The van der Waals surface area contributed by atoms with Crippen molar-refractivity contribution >= 4 is 22.5 Å². The third kappa shape index (κ3) is 3.49. The van der Waals surface area contributed by atoms with E-state index in [0.29, 0.717) is 0 Å². The van der Waals surface area contributed by atoms with Gasteiger partial charge in [-0.3, -0.25) is 0 Å². The minimum Gasteiger partial charge on any atom is -0.497 e. The highest BCUT2D eigenvalue weighted by molar-refractivity contribution is 5.93. The molecule has 2 heterocycles. The van der Waals surface area contributed by atoms with Gasteiger partial charge in [0.25, 0.3) is 0 Å². The Balaban J connectivity index is 1.45. The zero-order chi connectivity index (χ0) is 20.3. The summed E-state index contributed by atoms with van der Waals surface area (Å²) >= 11 is 0. The largest absolute Gasteiger partial charge is 0.497 e. The van der Waals surface area contributed by atoms with E-state index in [9.17, 15) is 0 Å². The molecule has 5 nitrogen and oxygen atoms in total. The molecule has 0 atom stereocenters. The van der Waals surface area contributed by atoms with Crippen molar-refractivity contribution in [3.8, 4) is 28.1 Å². The number of benzene rings is 3. The SMILES string of the molecule is COc1cccc(-c2cc3c(Nc4ccc(-c5ccccc5)cc4)ncnc3[nH]2)c1. The molecule has 0 aliphatic carbocycles. The van der Waals surface area contributed by atoms with Gasteiger partial charge in [-0.25, -0.2) is 9.97 Å². The van der Waals surface area contributed by atoms with Crippen molar-refractivity contribution in [3.63, 3.8) is 0 Å². The number of rotatable bonds is 5. The van der Waals surface area contributed by atoms with Gasteiger partial charge in [-0.05, 0) is 41.5 Å². The van der Waals surface area contributed by atoms with E-state index in [0.717, 1.165) is 39.5 Å². The van der Waals surface area contributed by atoms with Crippen molar-refractivity contribution in [1.29, 1.82) is 0 Å². The molecule has 5 aromatic rings. The molecule has 5 rings (SSSR count). The topological polar surface area (TPSA) is 62.8 Å². The van der Waals surface area contributed by atoms with Crippen molar-refractivity contribution in [2.45, 2.75) is 0 Å². The molecule has 0 radical (unpaired) electrons. The van der Waals surface area contributed by atoms with Crippen LogP contribution in [0.2, 0.25) is 0 Å². The summed E-state index contributed by atoms with van der Waals surface area (Å²) in [6.07, 6.45) is 1.56. The first kappa shape index (κ1) is 17.9. The van der Waals surface area contributed by atoms with Gasteiger partial charge in [-0.15, -0.1) is 0 Å². The fourth-order valence-corrected chi connectivity index (χ4v) is 3.50. The summed E-state index contributed by atoms with van der Waals surface area (Å²) in [4.78, 5) is 12.2. The van der Waals surface area contributed by atoms with Crippen LogP contribution in [-0.4, -0.2) is 22.1 Å². The van der Waals surface area contributed by atoms with Crippen molar-refractivity contribution in [2.75, 3.05) is 12.4 Å². The minimum absolute atomic E-state index is 0.762. The maximum atomic E-state index is 5.34. The van der Waals surface area contributed by atoms with E-state index in [4.69, 9.17) is 4.74 Å². The highest BCUT2D eigenvalue weighted by Crippen LogP contribution is 2.30. The molecule has 5 heteroatoms. The Bertz CT molecular complexity index is 1290. The third-order valence-electron chi connectivity index (χ3n) is 5.06. The van der Waals surface area contributed by atoms with E-state index in [1.54, 1.807) is 13.4 Å². The second kappa shape index (κ2) is 7.72. The Kier molecular flexibility index (Phi) is 4.62. The van der Waals surface area contributed by atoms with Gasteiger partial charge in [0.05, 0.1) is 12.5 Å². The maximum Gasteiger partial charge on any atom is 0.143 e. The second-order valence-corrected chi connectivity index (χ2v) is 6.97. The quantitative estimate of drug-likeness (QED) is 0.382. The predicted molar refractivity (Wildman–Crippen MR) is 121 cm³/mol. The fraction of sp³-hybridized carbons (Fsp3) is 0.0400. The molecule has 0 aliphatic heterocycles. The zero-order valence-electron chi connectivity index (χ0n) is 16.5. The number of anilines is 2. The summed E-state index contributed by atoms with van der Waals surface area (Å²) in [5.74, 6) is 1.58. The van der Waals surface area contributed by atoms with Crippen LogP contribution in [0.4, 0.5) is 11.5 Å². The van der Waals surface area contributed by atoms with Gasteiger partial charge in [-0.2, -0.15) is 0 Å². The number of H-pyrrole nitrogens is 1. The minimum atomic E-state index is 0.762. The van der Waals surface area contributed by atoms with Crippen molar-refractivity contribution < 1.29 is 4.74 Å². The average molecular weight is 392 g/mol. The predicted octanol–water partition coefficient (Wildman–Crippen LogP) is 6.04. The lowest BCUT2D eigenvalue weighted by atomic mass is 10.1. The number of aromatic nitrogens is 3. The number of nitrogens with one attached hydrogen (secondary N) is 2. The Morgan fingerprint density at radius 2 is 1.53 bits per heavy atom. The lowest BCUT2D eigenvalue weighted by Gasteiger charge is -2.08. The molecule has 2 N–H and O–H groups in total. The van der Waals surface area contributed by atoms with Gasteiger partial charge in [0, 0.05) is 16.9 Å². The number of nitrogens with zero attached hydrogens (tertiary/aromatic N) is 2. The van der Waals surface area contributed by atoms with Crippen molar-refractivity contribution in [3.05, 3.63) is 91.3 Å². The maximum absolute atomic E-state index is 5.34. The van der Waals surface area contributed by atoms with Crippen LogP contribution in [0.5, 0.6) is 5.75 Å². The number of fused-ring (bicyclic) bond motifs is 1. The van der Waals surface area contributed by atoms with E-state index in [2.05, 4.69) is 62.7 Å². The number of aromatic amines is 1. The van der Waals surface area contributed by atoms with Crippen LogP contribution in [0.3, 0.4) is 0 Å². The average Bonchev–Trinajstić information content (AvgIpc) is 3.26. The fourth-order valence-electron chi connectivity index (χ4n) is 3.50. The molecule has 0 saturated carbocycles. The summed E-state index contributed by atoms with van der Waals surface area (Å²) in [5, 5.41) is 4.35. The molecule has 0 spiro atoms. The summed E-state index contributed by atoms with van der Waals surface area (Å²) in [5.41, 5.74) is 6.13. The first-order valence-corrected chi connectivity index (χ1v) is 9.71. The molecule has 0 unspecified atom stereocenters. The van der Waals surface area contributed by atoms with Gasteiger partial charge >= 0.3 is 0 Å². The van der Waals surface area contributed by atoms with E-state index < -0.39 is 0 Å². The lowest BCUT2D eigenvalue weighted by molar-refractivity contribution is 0.415. The van der Waals surface area contributed by atoms with E-state index in [1.807, 2.05) is 42.5 Å². The van der Waals surface area contributed by atoms with Gasteiger partial charge in [0.2, 0.25) is 0 Å². The van der Waals surface area contributed by atoms with E-state index >= 15 is 0 Å². The van der Waals surface area contributed by atoms with Crippen LogP contribution < -0.4 is 10.1 Å². The Morgan fingerprint density at radius 3 is 2.33 bits per heavy atom. The van der Waals surface area contributed by atoms with Crippen LogP contribution in [0.15, 0.2) is 91.3 Å². The summed E-state index contributed by atoms with van der Waals surface area (Å²) < 4.78 is 5.34. The monoisotopic (exact) mass is 392 g/mol. The highest BCUT2D eigenvalue weighted by Gasteiger charge is 2.10. The number of ether oxygens (including phenoxy) is 1. The van der Waals surface area contributed by atoms with E-state index in [1.165, 1.54) is 11.1 Å². The molecule has 2 aromatic heterocycles. The van der Waals surface area contributed by atoms with E-state index in [-0.39, 0.29) is 0 Å². The molecule has 0 amide bonds. The normalized spacial score (nSPS) is 10.8. The molecule has 0 fully saturated rings. The second-order valence-electron chi connectivity index (χ2n) is 6.97. The van der Waals surface area contributed by atoms with Crippen LogP contribution in [0.1, 0.15) is 0 Å². The first-order valence-electron chi connectivity index (χ1n) is 9.71. The molecule has 146 valence electrons. The smallest absolute Gasteiger partial charge is 0.143 e. The number of methoxy groups -OCH3 is 1. The molecule has 3 aromatic carbocycles. The van der Waals surface area contributed by atoms with Crippen molar-refractivity contribution in [1.82, 2.24) is 15.0 Å². The molecule has 0 bridgehead atoms. The van der Waals surface area contributed by atoms with Gasteiger partial charge in [-0.1, -0.05) is 54.6 Å². The summed E-state index contributed by atoms with van der Waals surface area (Å²) in [6, 6.07) is 28.7. The zero-order valence-corrected chi connectivity index (χ0v) is 16.5. The molecule has 0 saturated heterocycles. The van der Waals surface area contributed by atoms with Crippen molar-refractivity contribution in [2.24, 2.45) is 0 Å².